The fraction of sp³-hybridized carbons (Fsp3) is 0.231. The third-order valence-electron chi connectivity index (χ3n) is 4.94. The maximum Gasteiger partial charge on any atom is 0.258 e. The molecule has 0 saturated carbocycles. The van der Waals surface area contributed by atoms with Crippen molar-refractivity contribution >= 4 is 23.2 Å². The highest BCUT2D eigenvalue weighted by Crippen LogP contribution is 2.38. The van der Waals surface area contributed by atoms with Gasteiger partial charge in [-0.1, -0.05) is 12.1 Å². The van der Waals surface area contributed by atoms with E-state index >= 15 is 0 Å². The van der Waals surface area contributed by atoms with Crippen LogP contribution in [0.15, 0.2) is 54.6 Å². The molecule has 0 atom stereocenters. The van der Waals surface area contributed by atoms with Crippen LogP contribution in [0.4, 0.5) is 15.8 Å². The molecule has 0 heterocycles. The molecule has 2 N–H and O–H groups in total. The number of methoxy groups -OCH3 is 2. The van der Waals surface area contributed by atoms with E-state index in [1.165, 1.54) is 38.5 Å². The summed E-state index contributed by atoms with van der Waals surface area (Å²) in [5.41, 5.74) is 0.824. The summed E-state index contributed by atoms with van der Waals surface area (Å²) in [5, 5.41) is 5.47. The molecule has 9 heteroatoms. The van der Waals surface area contributed by atoms with Crippen molar-refractivity contribution in [2.24, 2.45) is 0 Å². The van der Waals surface area contributed by atoms with Crippen molar-refractivity contribution in [2.75, 3.05) is 38.1 Å². The lowest BCUT2D eigenvalue weighted by atomic mass is 10.1. The maximum absolute atomic E-state index is 14.1. The Morgan fingerprint density at radius 1 is 0.743 bits per heavy atom. The molecule has 0 spiro atoms. The molecule has 3 aromatic rings. The summed E-state index contributed by atoms with van der Waals surface area (Å²) >= 11 is 0. The first-order valence-electron chi connectivity index (χ1n) is 10.9. The van der Waals surface area contributed by atoms with Crippen LogP contribution in [0.3, 0.4) is 0 Å². The van der Waals surface area contributed by atoms with Gasteiger partial charge in [-0.25, -0.2) is 4.39 Å². The minimum atomic E-state index is -0.646. The van der Waals surface area contributed by atoms with Gasteiger partial charge in [0.25, 0.3) is 11.8 Å². The molecule has 2 amide bonds. The second-order valence-corrected chi connectivity index (χ2v) is 7.17. The predicted octanol–water partition coefficient (Wildman–Crippen LogP) is 5.14. The van der Waals surface area contributed by atoms with Gasteiger partial charge in [-0.05, 0) is 44.2 Å². The lowest BCUT2D eigenvalue weighted by Gasteiger charge is -2.18. The van der Waals surface area contributed by atoms with Gasteiger partial charge < -0.3 is 29.6 Å². The maximum atomic E-state index is 14.1. The molecule has 0 aliphatic heterocycles. The molecule has 0 aromatic heterocycles. The number of rotatable bonds is 10. The Morgan fingerprint density at radius 2 is 1.31 bits per heavy atom. The second kappa shape index (κ2) is 11.7. The van der Waals surface area contributed by atoms with E-state index in [2.05, 4.69) is 10.6 Å². The summed E-state index contributed by atoms with van der Waals surface area (Å²) in [4.78, 5) is 25.7. The molecule has 3 rings (SSSR count). The van der Waals surface area contributed by atoms with Gasteiger partial charge in [0, 0.05) is 17.7 Å². The van der Waals surface area contributed by atoms with Crippen LogP contribution in [0.1, 0.15) is 34.6 Å². The summed E-state index contributed by atoms with van der Waals surface area (Å²) in [6.45, 7) is 4.16. The quantitative estimate of drug-likeness (QED) is 0.415. The van der Waals surface area contributed by atoms with Gasteiger partial charge >= 0.3 is 0 Å². The van der Waals surface area contributed by atoms with Crippen molar-refractivity contribution in [3.8, 4) is 23.0 Å². The fourth-order valence-electron chi connectivity index (χ4n) is 3.31. The SMILES string of the molecule is CCOc1cc(NC(=O)c2ccccc2F)c(OCC)cc1NC(=O)c1ccc(OC)c(OC)c1. The highest BCUT2D eigenvalue weighted by atomic mass is 19.1. The molecule has 0 fully saturated rings. The van der Waals surface area contributed by atoms with E-state index in [4.69, 9.17) is 18.9 Å². The normalized spacial score (nSPS) is 10.3. The number of hydrogen-bond donors (Lipinski definition) is 2. The van der Waals surface area contributed by atoms with Crippen molar-refractivity contribution in [1.82, 2.24) is 0 Å². The fourth-order valence-corrected chi connectivity index (χ4v) is 3.31. The average molecular weight is 483 g/mol. The van der Waals surface area contributed by atoms with Crippen LogP contribution in [0.25, 0.3) is 0 Å². The summed E-state index contributed by atoms with van der Waals surface area (Å²) in [6.07, 6.45) is 0. The van der Waals surface area contributed by atoms with Crippen LogP contribution in [-0.2, 0) is 0 Å². The molecule has 0 radical (unpaired) electrons. The Bertz CT molecular complexity index is 1210. The summed E-state index contributed by atoms with van der Waals surface area (Å²) in [7, 11) is 2.99. The van der Waals surface area contributed by atoms with Gasteiger partial charge in [0.05, 0.1) is 44.4 Å². The smallest absolute Gasteiger partial charge is 0.258 e. The first-order valence-corrected chi connectivity index (χ1v) is 10.9. The summed E-state index contributed by atoms with van der Waals surface area (Å²) in [5.74, 6) is -0.228. The third-order valence-corrected chi connectivity index (χ3v) is 4.94. The van der Waals surface area contributed by atoms with Crippen molar-refractivity contribution in [3.05, 3.63) is 71.5 Å². The number of ether oxygens (including phenoxy) is 4. The molecule has 0 aliphatic rings. The highest BCUT2D eigenvalue weighted by molar-refractivity contribution is 6.07. The summed E-state index contributed by atoms with van der Waals surface area (Å²) in [6, 6.07) is 13.5. The van der Waals surface area contributed by atoms with Crippen molar-refractivity contribution in [1.29, 1.82) is 0 Å². The molecule has 184 valence electrons. The van der Waals surface area contributed by atoms with E-state index in [-0.39, 0.29) is 17.0 Å². The predicted molar refractivity (Wildman–Crippen MR) is 131 cm³/mol. The highest BCUT2D eigenvalue weighted by Gasteiger charge is 2.19. The number of halogens is 1. The van der Waals surface area contributed by atoms with E-state index in [0.29, 0.717) is 41.7 Å². The first-order chi connectivity index (χ1) is 16.9. The molecule has 0 unspecified atom stereocenters. The zero-order chi connectivity index (χ0) is 25.4. The second-order valence-electron chi connectivity index (χ2n) is 7.17. The third kappa shape index (κ3) is 6.00. The van der Waals surface area contributed by atoms with Crippen molar-refractivity contribution < 1.29 is 32.9 Å². The standard InChI is InChI=1S/C26H27FN2O6/c1-5-34-22-15-20(29-26(31)17-9-7-8-10-18(17)27)23(35-6-2)14-19(22)28-25(30)16-11-12-21(32-3)24(13-16)33-4/h7-15H,5-6H2,1-4H3,(H,28,30)(H,29,31). The number of nitrogens with one attached hydrogen (secondary N) is 2. The largest absolute Gasteiger partial charge is 0.493 e. The van der Waals surface area contributed by atoms with Crippen LogP contribution in [-0.4, -0.2) is 39.2 Å². The van der Waals surface area contributed by atoms with Gasteiger partial charge in [0.2, 0.25) is 0 Å². The zero-order valence-corrected chi connectivity index (χ0v) is 19.9. The van der Waals surface area contributed by atoms with Crippen LogP contribution in [0.5, 0.6) is 23.0 Å². The number of anilines is 2. The van der Waals surface area contributed by atoms with Crippen LogP contribution < -0.4 is 29.6 Å². The number of carbonyl (C=O) groups excluding carboxylic acids is 2. The van der Waals surface area contributed by atoms with Gasteiger partial charge in [-0.15, -0.1) is 0 Å². The Kier molecular flexibility index (Phi) is 8.50. The molecule has 0 aliphatic carbocycles. The molecule has 8 nitrogen and oxygen atoms in total. The van der Waals surface area contributed by atoms with Gasteiger partial charge in [-0.3, -0.25) is 9.59 Å². The lowest BCUT2D eigenvalue weighted by molar-refractivity contribution is 0.101. The summed E-state index contributed by atoms with van der Waals surface area (Å²) < 4.78 is 35.9. The Hall–Kier alpha value is -4.27. The van der Waals surface area contributed by atoms with Crippen molar-refractivity contribution in [2.45, 2.75) is 13.8 Å². The molecular formula is C26H27FN2O6. The minimum Gasteiger partial charge on any atom is -0.493 e. The topological polar surface area (TPSA) is 95.1 Å². The van der Waals surface area contributed by atoms with Crippen LogP contribution in [0.2, 0.25) is 0 Å². The van der Waals surface area contributed by atoms with Crippen LogP contribution >= 0.6 is 0 Å². The molecular weight excluding hydrogens is 455 g/mol. The van der Waals surface area contributed by atoms with Gasteiger partial charge in [0.1, 0.15) is 17.3 Å². The van der Waals surface area contributed by atoms with Crippen molar-refractivity contribution in [3.63, 3.8) is 0 Å². The van der Waals surface area contributed by atoms with E-state index < -0.39 is 17.6 Å². The van der Waals surface area contributed by atoms with Gasteiger partial charge in [-0.2, -0.15) is 0 Å². The molecule has 0 saturated heterocycles. The Morgan fingerprint density at radius 3 is 1.86 bits per heavy atom. The van der Waals surface area contributed by atoms with Crippen LogP contribution in [0, 0.1) is 5.82 Å². The van der Waals surface area contributed by atoms with E-state index in [9.17, 15) is 14.0 Å². The lowest BCUT2D eigenvalue weighted by Crippen LogP contribution is -2.16. The number of carbonyl (C=O) groups is 2. The molecule has 3 aromatic carbocycles. The first kappa shape index (κ1) is 25.4. The Balaban J connectivity index is 1.94. The van der Waals surface area contributed by atoms with E-state index in [1.54, 1.807) is 44.2 Å². The number of hydrogen-bond acceptors (Lipinski definition) is 6. The minimum absolute atomic E-state index is 0.112. The average Bonchev–Trinajstić information content (AvgIpc) is 2.86. The zero-order valence-electron chi connectivity index (χ0n) is 19.9. The Labute approximate surface area is 203 Å². The number of amides is 2. The van der Waals surface area contributed by atoms with E-state index in [1.807, 2.05) is 0 Å². The van der Waals surface area contributed by atoms with E-state index in [0.717, 1.165) is 0 Å². The van der Waals surface area contributed by atoms with Gasteiger partial charge in [0.15, 0.2) is 11.5 Å². The molecule has 35 heavy (non-hydrogen) atoms. The molecule has 0 bridgehead atoms. The monoisotopic (exact) mass is 482 g/mol. The number of benzene rings is 3.